The van der Waals surface area contributed by atoms with Crippen LogP contribution in [-0.4, -0.2) is 22.2 Å². The van der Waals surface area contributed by atoms with Crippen LogP contribution in [-0.2, 0) is 4.79 Å². The summed E-state index contributed by atoms with van der Waals surface area (Å²) >= 11 is 6.24. The first-order valence-corrected chi connectivity index (χ1v) is 7.89. The Hall–Kier alpha value is -2.59. The van der Waals surface area contributed by atoms with Crippen molar-refractivity contribution >= 4 is 28.3 Å². The molecule has 1 N–H and O–H groups in total. The number of hydrogen-bond acceptors (Lipinski definition) is 3. The van der Waals surface area contributed by atoms with Gasteiger partial charge in [-0.15, -0.1) is 0 Å². The van der Waals surface area contributed by atoms with Crippen molar-refractivity contribution in [2.75, 3.05) is 0 Å². The number of ether oxygens (including phenoxy) is 1. The fourth-order valence-electron chi connectivity index (χ4n) is 2.61. The van der Waals surface area contributed by atoms with Gasteiger partial charge in [-0.3, -0.25) is 0 Å². The quantitative estimate of drug-likeness (QED) is 0.698. The maximum absolute atomic E-state index is 10.9. The van der Waals surface area contributed by atoms with E-state index in [4.69, 9.17) is 21.4 Å². The summed E-state index contributed by atoms with van der Waals surface area (Å²) in [6.45, 7) is 3.53. The minimum Gasteiger partial charge on any atom is -0.479 e. The van der Waals surface area contributed by atoms with E-state index in [2.05, 4.69) is 4.98 Å². The number of carboxylic acids is 1. The van der Waals surface area contributed by atoms with Crippen molar-refractivity contribution in [1.82, 2.24) is 4.98 Å². The first-order chi connectivity index (χ1) is 11.5. The van der Waals surface area contributed by atoms with Crippen LogP contribution in [0.1, 0.15) is 12.5 Å². The smallest absolute Gasteiger partial charge is 0.344 e. The van der Waals surface area contributed by atoms with Gasteiger partial charge in [0, 0.05) is 17.1 Å². The number of aromatic nitrogens is 1. The second-order valence-corrected chi connectivity index (χ2v) is 5.94. The summed E-state index contributed by atoms with van der Waals surface area (Å²) in [6, 6.07) is 13.4. The lowest BCUT2D eigenvalue weighted by Crippen LogP contribution is -2.22. The van der Waals surface area contributed by atoms with Crippen LogP contribution in [0.4, 0.5) is 0 Å². The largest absolute Gasteiger partial charge is 0.479 e. The zero-order valence-electron chi connectivity index (χ0n) is 13.3. The Morgan fingerprint density at radius 2 is 1.92 bits per heavy atom. The molecule has 0 aliphatic rings. The Morgan fingerprint density at radius 3 is 2.62 bits per heavy atom. The number of halogens is 1. The Labute approximate surface area is 144 Å². The van der Waals surface area contributed by atoms with Gasteiger partial charge in [0.2, 0.25) is 0 Å². The number of aryl methyl sites for hydroxylation is 1. The van der Waals surface area contributed by atoms with Gasteiger partial charge >= 0.3 is 5.97 Å². The SMILES string of the molecule is Cc1ccccc1-c1cnc(Cl)c2cc(O[C@H](C)C(=O)O)ccc12. The number of aliphatic carboxylic acids is 1. The molecule has 0 bridgehead atoms. The Balaban J connectivity index is 2.13. The highest BCUT2D eigenvalue weighted by Gasteiger charge is 2.15. The minimum absolute atomic E-state index is 0.357. The highest BCUT2D eigenvalue weighted by Crippen LogP contribution is 2.35. The minimum atomic E-state index is -1.02. The van der Waals surface area contributed by atoms with Crippen LogP contribution in [0.25, 0.3) is 21.9 Å². The van der Waals surface area contributed by atoms with E-state index in [-0.39, 0.29) is 0 Å². The second kappa shape index (κ2) is 6.49. The fraction of sp³-hybridized carbons (Fsp3) is 0.158. The van der Waals surface area contributed by atoms with E-state index in [0.717, 1.165) is 27.5 Å². The third-order valence-electron chi connectivity index (χ3n) is 3.91. The van der Waals surface area contributed by atoms with Gasteiger partial charge in [-0.2, -0.15) is 0 Å². The molecule has 0 fully saturated rings. The number of nitrogens with zero attached hydrogens (tertiary/aromatic N) is 1. The van der Waals surface area contributed by atoms with Gasteiger partial charge in [0.1, 0.15) is 10.9 Å². The summed E-state index contributed by atoms with van der Waals surface area (Å²) in [6.07, 6.45) is 0.821. The molecular weight excluding hydrogens is 326 g/mol. The first kappa shape index (κ1) is 16.3. The van der Waals surface area contributed by atoms with Crippen molar-refractivity contribution in [3.05, 3.63) is 59.4 Å². The molecule has 1 atom stereocenters. The van der Waals surface area contributed by atoms with E-state index >= 15 is 0 Å². The molecule has 1 heterocycles. The Bertz CT molecular complexity index is 924. The number of hydrogen-bond donors (Lipinski definition) is 1. The monoisotopic (exact) mass is 341 g/mol. The maximum Gasteiger partial charge on any atom is 0.344 e. The van der Waals surface area contributed by atoms with E-state index in [1.807, 2.05) is 37.3 Å². The number of carbonyl (C=O) groups is 1. The molecule has 0 spiro atoms. The normalized spacial score (nSPS) is 12.1. The average Bonchev–Trinajstić information content (AvgIpc) is 2.56. The molecule has 0 amide bonds. The Kier molecular flexibility index (Phi) is 4.40. The number of fused-ring (bicyclic) bond motifs is 1. The molecule has 122 valence electrons. The molecule has 3 aromatic rings. The van der Waals surface area contributed by atoms with Crippen molar-refractivity contribution in [1.29, 1.82) is 0 Å². The molecule has 5 heteroatoms. The molecule has 2 aromatic carbocycles. The molecule has 0 aliphatic carbocycles. The predicted octanol–water partition coefficient (Wildman–Crippen LogP) is 4.72. The lowest BCUT2D eigenvalue weighted by Gasteiger charge is -2.14. The summed E-state index contributed by atoms with van der Waals surface area (Å²) in [5, 5.41) is 11.0. The first-order valence-electron chi connectivity index (χ1n) is 7.51. The molecule has 24 heavy (non-hydrogen) atoms. The second-order valence-electron chi connectivity index (χ2n) is 5.58. The van der Waals surface area contributed by atoms with E-state index in [1.165, 1.54) is 6.92 Å². The van der Waals surface area contributed by atoms with Gasteiger partial charge in [0.15, 0.2) is 6.10 Å². The number of pyridine rings is 1. The van der Waals surface area contributed by atoms with E-state index in [0.29, 0.717) is 10.9 Å². The van der Waals surface area contributed by atoms with Crippen LogP contribution in [0.3, 0.4) is 0 Å². The van der Waals surface area contributed by atoms with Crippen molar-refractivity contribution in [2.45, 2.75) is 20.0 Å². The highest BCUT2D eigenvalue weighted by atomic mass is 35.5. The standard InChI is InChI=1S/C19H16ClNO3/c1-11-5-3-4-6-14(11)17-10-21-18(20)16-9-13(7-8-15(16)17)24-12(2)19(22)23/h3-10,12H,1-2H3,(H,22,23)/t12-/m1/s1. The number of rotatable bonds is 4. The number of carboxylic acid groups (broad SMARTS) is 1. The summed E-state index contributed by atoms with van der Waals surface area (Å²) < 4.78 is 5.42. The zero-order valence-corrected chi connectivity index (χ0v) is 14.0. The van der Waals surface area contributed by atoms with Crippen LogP contribution in [0.15, 0.2) is 48.7 Å². The molecule has 3 rings (SSSR count). The van der Waals surface area contributed by atoms with Crippen LogP contribution in [0.2, 0.25) is 5.15 Å². The summed E-state index contributed by atoms with van der Waals surface area (Å²) in [5.74, 6) is -0.573. The highest BCUT2D eigenvalue weighted by molar-refractivity contribution is 6.34. The van der Waals surface area contributed by atoms with Gasteiger partial charge in [-0.1, -0.05) is 35.9 Å². The molecule has 0 saturated carbocycles. The third-order valence-corrected chi connectivity index (χ3v) is 4.21. The number of benzene rings is 2. The molecule has 0 aliphatic heterocycles. The van der Waals surface area contributed by atoms with Gasteiger partial charge in [-0.25, -0.2) is 9.78 Å². The lowest BCUT2D eigenvalue weighted by molar-refractivity contribution is -0.144. The molecule has 4 nitrogen and oxygen atoms in total. The molecule has 1 aromatic heterocycles. The lowest BCUT2D eigenvalue weighted by atomic mass is 9.97. The topological polar surface area (TPSA) is 59.4 Å². The third kappa shape index (κ3) is 3.05. The fourth-order valence-corrected chi connectivity index (χ4v) is 2.81. The molecular formula is C19H16ClNO3. The van der Waals surface area contributed by atoms with Crippen molar-refractivity contribution < 1.29 is 14.6 Å². The van der Waals surface area contributed by atoms with E-state index < -0.39 is 12.1 Å². The van der Waals surface area contributed by atoms with Crippen molar-refractivity contribution in [3.8, 4) is 16.9 Å². The van der Waals surface area contributed by atoms with Crippen LogP contribution >= 0.6 is 11.6 Å². The van der Waals surface area contributed by atoms with E-state index in [9.17, 15) is 4.79 Å². The van der Waals surface area contributed by atoms with Gasteiger partial charge in [0.05, 0.1) is 0 Å². The van der Waals surface area contributed by atoms with Gasteiger partial charge in [-0.05, 0) is 48.6 Å². The summed E-state index contributed by atoms with van der Waals surface area (Å²) in [5.41, 5.74) is 3.20. The molecule has 0 unspecified atom stereocenters. The maximum atomic E-state index is 10.9. The summed E-state index contributed by atoms with van der Waals surface area (Å²) in [7, 11) is 0. The van der Waals surface area contributed by atoms with Crippen molar-refractivity contribution in [3.63, 3.8) is 0 Å². The van der Waals surface area contributed by atoms with Crippen LogP contribution in [0.5, 0.6) is 5.75 Å². The van der Waals surface area contributed by atoms with Gasteiger partial charge < -0.3 is 9.84 Å². The average molecular weight is 342 g/mol. The van der Waals surface area contributed by atoms with Crippen LogP contribution < -0.4 is 4.74 Å². The summed E-state index contributed by atoms with van der Waals surface area (Å²) in [4.78, 5) is 15.2. The molecule has 0 radical (unpaired) electrons. The predicted molar refractivity (Wildman–Crippen MR) is 94.7 cm³/mol. The van der Waals surface area contributed by atoms with Gasteiger partial charge in [0.25, 0.3) is 0 Å². The zero-order chi connectivity index (χ0) is 17.3. The van der Waals surface area contributed by atoms with E-state index in [1.54, 1.807) is 18.3 Å². The van der Waals surface area contributed by atoms with Crippen molar-refractivity contribution in [2.24, 2.45) is 0 Å². The Morgan fingerprint density at radius 1 is 1.17 bits per heavy atom. The molecule has 0 saturated heterocycles. The van der Waals surface area contributed by atoms with Crippen LogP contribution in [0, 0.1) is 6.92 Å².